The van der Waals surface area contributed by atoms with Crippen LogP contribution in [0.25, 0.3) is 10.9 Å². The molecule has 1 fully saturated rings. The average Bonchev–Trinajstić information content (AvgIpc) is 3.55. The summed E-state index contributed by atoms with van der Waals surface area (Å²) in [6.07, 6.45) is 12.3. The Morgan fingerprint density at radius 1 is 1.28 bits per heavy atom. The number of carbonyl (C=O) groups is 2. The van der Waals surface area contributed by atoms with Gasteiger partial charge in [-0.3, -0.25) is 9.78 Å². The molecule has 0 bridgehead atoms. The van der Waals surface area contributed by atoms with E-state index < -0.39 is 15.3 Å². The first-order valence-corrected chi connectivity index (χ1v) is 14.6. The van der Waals surface area contributed by atoms with Gasteiger partial charge in [0.1, 0.15) is 12.0 Å². The number of nitrogens with zero attached hydrogens (tertiary/aromatic N) is 3. The van der Waals surface area contributed by atoms with E-state index in [0.717, 1.165) is 22.8 Å². The Bertz CT molecular complexity index is 1540. The van der Waals surface area contributed by atoms with E-state index in [1.54, 1.807) is 34.8 Å². The fraction of sp³-hybridized carbons (Fsp3) is 0.345. The van der Waals surface area contributed by atoms with E-state index in [1.165, 1.54) is 6.20 Å². The molecule has 0 radical (unpaired) electrons. The molecule has 3 aromatic rings. The predicted molar refractivity (Wildman–Crippen MR) is 150 cm³/mol. The van der Waals surface area contributed by atoms with E-state index in [0.29, 0.717) is 42.9 Å². The highest BCUT2D eigenvalue weighted by molar-refractivity contribution is 7.89. The second-order valence-corrected chi connectivity index (χ2v) is 12.3. The van der Waals surface area contributed by atoms with Crippen LogP contribution in [0.3, 0.4) is 0 Å². The van der Waals surface area contributed by atoms with Crippen LogP contribution in [0.5, 0.6) is 0 Å². The number of pyridine rings is 1. The lowest BCUT2D eigenvalue weighted by molar-refractivity contribution is -0.108. The van der Waals surface area contributed by atoms with Crippen LogP contribution in [0.4, 0.5) is 5.69 Å². The van der Waals surface area contributed by atoms with E-state index in [2.05, 4.69) is 10.3 Å². The smallest absolute Gasteiger partial charge is 0.257 e. The first kappa shape index (κ1) is 26.8. The van der Waals surface area contributed by atoms with Gasteiger partial charge in [0.2, 0.25) is 10.0 Å². The maximum absolute atomic E-state index is 13.4. The van der Waals surface area contributed by atoms with Crippen molar-refractivity contribution in [2.24, 2.45) is 0 Å². The molecule has 9 nitrogen and oxygen atoms in total. The van der Waals surface area contributed by atoms with Gasteiger partial charge in [0.15, 0.2) is 0 Å². The molecule has 0 spiro atoms. The van der Waals surface area contributed by atoms with Crippen molar-refractivity contribution in [3.05, 3.63) is 84.0 Å². The maximum Gasteiger partial charge on any atom is 0.257 e. The summed E-state index contributed by atoms with van der Waals surface area (Å²) in [5, 5.41) is 3.22. The number of rotatable bonds is 9. The number of benzene rings is 1. The molecule has 1 aliphatic heterocycles. The molecule has 1 N–H and O–H groups in total. The summed E-state index contributed by atoms with van der Waals surface area (Å²) in [6.45, 7) is 4.85. The quantitative estimate of drug-likeness (QED) is 0.401. The molecule has 2 unspecified atom stereocenters. The zero-order valence-corrected chi connectivity index (χ0v) is 22.8. The van der Waals surface area contributed by atoms with E-state index in [-0.39, 0.29) is 24.5 Å². The van der Waals surface area contributed by atoms with Gasteiger partial charge < -0.3 is 19.4 Å². The summed E-state index contributed by atoms with van der Waals surface area (Å²) in [5.74, 6) is 0.422. The molecule has 0 saturated carbocycles. The van der Waals surface area contributed by atoms with E-state index in [4.69, 9.17) is 4.74 Å². The van der Waals surface area contributed by atoms with E-state index >= 15 is 0 Å². The number of hydrogen-bond donors (Lipinski definition) is 1. The van der Waals surface area contributed by atoms with Crippen molar-refractivity contribution in [2.45, 2.75) is 50.5 Å². The Kier molecular flexibility index (Phi) is 7.67. The fourth-order valence-electron chi connectivity index (χ4n) is 5.22. The van der Waals surface area contributed by atoms with Crippen LogP contribution in [0, 0.1) is 0 Å². The van der Waals surface area contributed by atoms with Gasteiger partial charge >= 0.3 is 0 Å². The third-order valence-corrected chi connectivity index (χ3v) is 9.26. The first-order valence-electron chi connectivity index (χ1n) is 13.1. The highest BCUT2D eigenvalue weighted by Gasteiger charge is 2.37. The number of ether oxygens (including phenoxy) is 1. The molecule has 204 valence electrons. The summed E-state index contributed by atoms with van der Waals surface area (Å²) in [5.41, 5.74) is 2.85. The summed E-state index contributed by atoms with van der Waals surface area (Å²) < 4.78 is 36.0. The Balaban J connectivity index is 1.34. The van der Waals surface area contributed by atoms with Crippen LogP contribution < -0.4 is 5.32 Å². The molecule has 3 heterocycles. The second kappa shape index (κ2) is 11.2. The zero-order chi connectivity index (χ0) is 27.6. The Labute approximate surface area is 228 Å². The Morgan fingerprint density at radius 3 is 2.82 bits per heavy atom. The molecule has 1 saturated heterocycles. The fourth-order valence-corrected chi connectivity index (χ4v) is 6.97. The van der Waals surface area contributed by atoms with Crippen molar-refractivity contribution in [3.8, 4) is 0 Å². The molecule has 10 heteroatoms. The van der Waals surface area contributed by atoms with Gasteiger partial charge in [-0.15, -0.1) is 0 Å². The lowest BCUT2D eigenvalue weighted by Crippen LogP contribution is -2.36. The highest BCUT2D eigenvalue weighted by Crippen LogP contribution is 2.37. The minimum Gasteiger partial charge on any atom is -0.491 e. The zero-order valence-electron chi connectivity index (χ0n) is 22.0. The molecular weight excluding hydrogens is 516 g/mol. The normalized spacial score (nSPS) is 19.8. The topological polar surface area (TPSA) is 111 Å². The van der Waals surface area contributed by atoms with Crippen LogP contribution in [-0.4, -0.2) is 58.9 Å². The third-order valence-electron chi connectivity index (χ3n) is 7.10. The van der Waals surface area contributed by atoms with Crippen molar-refractivity contribution in [3.63, 3.8) is 0 Å². The Hall–Kier alpha value is -3.76. The number of carbonyl (C=O) groups excluding carboxylic acids is 2. The predicted octanol–water partition coefficient (Wildman–Crippen LogP) is 4.24. The number of hydrogen-bond acceptors (Lipinski definition) is 6. The van der Waals surface area contributed by atoms with Crippen LogP contribution in [0.1, 0.15) is 48.5 Å². The Morgan fingerprint density at radius 2 is 2.13 bits per heavy atom. The number of amides is 1. The van der Waals surface area contributed by atoms with Crippen LogP contribution in [0.15, 0.2) is 72.9 Å². The minimum absolute atomic E-state index is 0.00559. The van der Waals surface area contributed by atoms with Crippen molar-refractivity contribution in [1.29, 1.82) is 0 Å². The second-order valence-electron chi connectivity index (χ2n) is 10.1. The van der Waals surface area contributed by atoms with Gasteiger partial charge in [0.05, 0.1) is 29.0 Å². The number of allylic oxidation sites excluding steroid dienone is 2. The van der Waals surface area contributed by atoms with Gasteiger partial charge in [-0.25, -0.2) is 12.7 Å². The summed E-state index contributed by atoms with van der Waals surface area (Å²) in [6, 6.07) is 8.98. The number of anilines is 1. The molecule has 1 amide bonds. The maximum atomic E-state index is 13.4. The van der Waals surface area contributed by atoms with Gasteiger partial charge in [-0.05, 0) is 68.7 Å². The first-order chi connectivity index (χ1) is 18.8. The molecule has 1 aliphatic carbocycles. The molecule has 2 aliphatic rings. The largest absolute Gasteiger partial charge is 0.491 e. The standard InChI is InChI=1S/C29H32N4O5S/c1-20(2)38-24-6-8-25(9-7-24)39(36,37)33-13-11-22(18-33)27-19-32(14-15-34)28-16-23(5-10-26(27)28)31-29(35)21-4-3-12-30-17-21/h3-8,10,12,15-17,19-20,22,25H,9,11,13-14,18H2,1-2H3,(H,31,35). The lowest BCUT2D eigenvalue weighted by Gasteiger charge is -2.24. The third kappa shape index (κ3) is 5.67. The van der Waals surface area contributed by atoms with Crippen molar-refractivity contribution < 1.29 is 22.7 Å². The van der Waals surface area contributed by atoms with Crippen molar-refractivity contribution in [2.75, 3.05) is 18.4 Å². The van der Waals surface area contributed by atoms with Crippen molar-refractivity contribution in [1.82, 2.24) is 13.9 Å². The SMILES string of the molecule is CC(C)OC1=CCC(S(=O)(=O)N2CCC(c3cn(CC=O)c4cc(NC(=O)c5cccnc5)ccc34)C2)C=C1. The lowest BCUT2D eigenvalue weighted by atomic mass is 9.98. The summed E-state index contributed by atoms with van der Waals surface area (Å²) in [4.78, 5) is 28.0. The number of aldehydes is 1. The highest BCUT2D eigenvalue weighted by atomic mass is 32.2. The van der Waals surface area contributed by atoms with Crippen LogP contribution >= 0.6 is 0 Å². The molecule has 5 rings (SSSR count). The number of aromatic nitrogens is 2. The molecule has 1 aromatic carbocycles. The average molecular weight is 549 g/mol. The summed E-state index contributed by atoms with van der Waals surface area (Å²) >= 11 is 0. The number of fused-ring (bicyclic) bond motifs is 1. The van der Waals surface area contributed by atoms with Gasteiger partial charge in [-0.2, -0.15) is 0 Å². The van der Waals surface area contributed by atoms with Gasteiger partial charge in [-0.1, -0.05) is 12.1 Å². The molecule has 2 atom stereocenters. The molecule has 39 heavy (non-hydrogen) atoms. The number of nitrogens with one attached hydrogen (secondary N) is 1. The van der Waals surface area contributed by atoms with Gasteiger partial charge in [0.25, 0.3) is 5.91 Å². The molecular formula is C29H32N4O5S. The van der Waals surface area contributed by atoms with Crippen LogP contribution in [0.2, 0.25) is 0 Å². The monoisotopic (exact) mass is 548 g/mol. The van der Waals surface area contributed by atoms with E-state index in [9.17, 15) is 18.0 Å². The summed E-state index contributed by atoms with van der Waals surface area (Å²) in [7, 11) is -3.53. The van der Waals surface area contributed by atoms with Gasteiger partial charge in [0, 0.05) is 48.7 Å². The molecule has 2 aromatic heterocycles. The minimum atomic E-state index is -3.53. The van der Waals surface area contributed by atoms with E-state index in [1.807, 2.05) is 48.9 Å². The number of sulfonamides is 1. The van der Waals surface area contributed by atoms with Crippen molar-refractivity contribution >= 4 is 38.8 Å². The van der Waals surface area contributed by atoms with Crippen LogP contribution in [-0.2, 0) is 26.1 Å².